The molecular weight excluding hydrogens is 462 g/mol. The number of rotatable bonds is 5. The van der Waals surface area contributed by atoms with E-state index in [1.54, 1.807) is 17.1 Å². The Labute approximate surface area is 217 Å². The second kappa shape index (κ2) is 8.80. The lowest BCUT2D eigenvalue weighted by Gasteiger charge is -2.29. The number of nitrogens with one attached hydrogen (secondary N) is 1. The highest BCUT2D eigenvalue weighted by Crippen LogP contribution is 2.33. The van der Waals surface area contributed by atoms with Crippen molar-refractivity contribution < 1.29 is 0 Å². The summed E-state index contributed by atoms with van der Waals surface area (Å²) < 4.78 is 3.65. The summed E-state index contributed by atoms with van der Waals surface area (Å²) in [4.78, 5) is 29.9. The van der Waals surface area contributed by atoms with Gasteiger partial charge in [0, 0.05) is 54.4 Å². The lowest BCUT2D eigenvalue weighted by molar-refractivity contribution is 0.244. The van der Waals surface area contributed by atoms with Crippen LogP contribution in [0.25, 0.3) is 16.7 Å². The molecule has 6 rings (SSSR count). The summed E-state index contributed by atoms with van der Waals surface area (Å²) in [5.74, 6) is 0.475. The van der Waals surface area contributed by atoms with Gasteiger partial charge in [-0.1, -0.05) is 26.8 Å². The van der Waals surface area contributed by atoms with E-state index in [1.165, 1.54) is 24.0 Å². The van der Waals surface area contributed by atoms with Crippen LogP contribution in [-0.2, 0) is 18.4 Å². The molecule has 1 saturated carbocycles. The van der Waals surface area contributed by atoms with Gasteiger partial charge in [0.25, 0.3) is 5.56 Å². The van der Waals surface area contributed by atoms with Crippen LogP contribution in [0.2, 0.25) is 0 Å². The van der Waals surface area contributed by atoms with Crippen LogP contribution < -0.4 is 10.9 Å². The second-order valence-corrected chi connectivity index (χ2v) is 11.7. The Morgan fingerprint density at radius 2 is 1.86 bits per heavy atom. The number of anilines is 2. The van der Waals surface area contributed by atoms with Gasteiger partial charge in [-0.25, -0.2) is 14.3 Å². The average molecular weight is 498 g/mol. The molecule has 0 bridgehead atoms. The van der Waals surface area contributed by atoms with E-state index in [-0.39, 0.29) is 17.0 Å². The lowest BCUT2D eigenvalue weighted by atomic mass is 9.91. The molecular formula is C29H35N7O. The summed E-state index contributed by atoms with van der Waals surface area (Å²) in [6.07, 6.45) is 7.19. The van der Waals surface area contributed by atoms with E-state index in [0.717, 1.165) is 42.6 Å². The standard InChI is InChI=1S/C29H35N7O/c1-18(2)35-27(37)24-16-31-28(33-26(24)36(35)23-10-12-30-25(15-23)29(3,4)5)32-21-7-6-20-17-34(22-8-9-22)13-11-19(20)14-21/h6-7,10,12,14-16,18,22H,8-9,11,13,17H2,1-5H3,(H,31,32,33). The number of hydrogen-bond donors (Lipinski definition) is 1. The van der Waals surface area contributed by atoms with Crippen LogP contribution in [-0.4, -0.2) is 41.8 Å². The molecule has 1 aliphatic heterocycles. The third-order valence-electron chi connectivity index (χ3n) is 7.44. The van der Waals surface area contributed by atoms with E-state index in [9.17, 15) is 4.79 Å². The number of nitrogens with zero attached hydrogens (tertiary/aromatic N) is 6. The minimum absolute atomic E-state index is 0.0554. The molecule has 4 aromatic rings. The Hall–Kier alpha value is -3.52. The number of aromatic nitrogens is 5. The number of fused-ring (bicyclic) bond motifs is 2. The number of pyridine rings is 1. The molecule has 0 unspecified atom stereocenters. The predicted octanol–water partition coefficient (Wildman–Crippen LogP) is 5.12. The van der Waals surface area contributed by atoms with E-state index >= 15 is 0 Å². The Kier molecular flexibility index (Phi) is 5.67. The van der Waals surface area contributed by atoms with Crippen molar-refractivity contribution in [3.8, 4) is 5.69 Å². The van der Waals surface area contributed by atoms with Crippen molar-refractivity contribution in [3.05, 3.63) is 69.9 Å². The van der Waals surface area contributed by atoms with Gasteiger partial charge < -0.3 is 5.32 Å². The quantitative estimate of drug-likeness (QED) is 0.412. The highest BCUT2D eigenvalue weighted by molar-refractivity contribution is 5.77. The molecule has 1 fully saturated rings. The highest BCUT2D eigenvalue weighted by Gasteiger charge is 2.31. The van der Waals surface area contributed by atoms with Gasteiger partial charge in [0.2, 0.25) is 5.95 Å². The molecule has 0 spiro atoms. The second-order valence-electron chi connectivity index (χ2n) is 11.7. The van der Waals surface area contributed by atoms with Crippen molar-refractivity contribution in [1.82, 2.24) is 29.2 Å². The molecule has 2 aliphatic rings. The van der Waals surface area contributed by atoms with E-state index in [4.69, 9.17) is 4.98 Å². The largest absolute Gasteiger partial charge is 0.324 e. The molecule has 0 radical (unpaired) electrons. The zero-order valence-electron chi connectivity index (χ0n) is 22.3. The molecule has 8 nitrogen and oxygen atoms in total. The third kappa shape index (κ3) is 4.44. The van der Waals surface area contributed by atoms with Gasteiger partial charge >= 0.3 is 0 Å². The predicted molar refractivity (Wildman–Crippen MR) is 147 cm³/mol. The highest BCUT2D eigenvalue weighted by atomic mass is 16.1. The molecule has 1 aromatic carbocycles. The Morgan fingerprint density at radius 1 is 1.05 bits per heavy atom. The summed E-state index contributed by atoms with van der Waals surface area (Å²) in [6, 6.07) is 11.3. The molecule has 0 amide bonds. The van der Waals surface area contributed by atoms with Crippen LogP contribution in [0.3, 0.4) is 0 Å². The average Bonchev–Trinajstić information content (AvgIpc) is 3.67. The first-order valence-electron chi connectivity index (χ1n) is 13.3. The monoisotopic (exact) mass is 497 g/mol. The fourth-order valence-corrected chi connectivity index (χ4v) is 5.27. The van der Waals surface area contributed by atoms with Crippen molar-refractivity contribution in [3.63, 3.8) is 0 Å². The first-order valence-corrected chi connectivity index (χ1v) is 13.3. The minimum Gasteiger partial charge on any atom is -0.324 e. The Morgan fingerprint density at radius 3 is 2.59 bits per heavy atom. The lowest BCUT2D eigenvalue weighted by Crippen LogP contribution is -2.32. The van der Waals surface area contributed by atoms with Gasteiger partial charge in [0.1, 0.15) is 5.39 Å². The minimum atomic E-state index is -0.119. The number of hydrogen-bond acceptors (Lipinski definition) is 6. The first kappa shape index (κ1) is 23.9. The van der Waals surface area contributed by atoms with E-state index < -0.39 is 0 Å². The zero-order chi connectivity index (χ0) is 25.9. The normalized spacial score (nSPS) is 16.4. The van der Waals surface area contributed by atoms with Crippen molar-refractivity contribution in [2.24, 2.45) is 0 Å². The summed E-state index contributed by atoms with van der Waals surface area (Å²) in [5.41, 5.74) is 5.95. The fourth-order valence-electron chi connectivity index (χ4n) is 5.27. The van der Waals surface area contributed by atoms with Crippen LogP contribution in [0.5, 0.6) is 0 Å². The maximum absolute atomic E-state index is 13.4. The molecule has 0 saturated heterocycles. The fraction of sp³-hybridized carbons (Fsp3) is 0.448. The van der Waals surface area contributed by atoms with Crippen LogP contribution in [0.15, 0.2) is 47.5 Å². The molecule has 1 N–H and O–H groups in total. The van der Waals surface area contributed by atoms with Gasteiger partial charge in [-0.05, 0) is 68.5 Å². The molecule has 37 heavy (non-hydrogen) atoms. The van der Waals surface area contributed by atoms with Crippen LogP contribution in [0, 0.1) is 0 Å². The van der Waals surface area contributed by atoms with E-state index in [2.05, 4.69) is 59.2 Å². The smallest absolute Gasteiger partial charge is 0.278 e. The zero-order valence-corrected chi connectivity index (χ0v) is 22.3. The molecule has 1 aliphatic carbocycles. The molecule has 8 heteroatoms. The van der Waals surface area contributed by atoms with Gasteiger partial charge in [-0.3, -0.25) is 14.7 Å². The Balaban J connectivity index is 1.39. The van der Waals surface area contributed by atoms with Gasteiger partial charge in [0.15, 0.2) is 5.65 Å². The summed E-state index contributed by atoms with van der Waals surface area (Å²) in [6.45, 7) is 12.6. The van der Waals surface area contributed by atoms with Gasteiger partial charge in [-0.15, -0.1) is 0 Å². The van der Waals surface area contributed by atoms with E-state index in [0.29, 0.717) is 17.0 Å². The molecule has 192 valence electrons. The topological polar surface area (TPSA) is 80.9 Å². The molecule has 0 atom stereocenters. The Bertz CT molecular complexity index is 1540. The van der Waals surface area contributed by atoms with Crippen molar-refractivity contribution in [2.75, 3.05) is 11.9 Å². The van der Waals surface area contributed by atoms with Crippen molar-refractivity contribution in [1.29, 1.82) is 0 Å². The van der Waals surface area contributed by atoms with E-state index in [1.807, 2.05) is 30.7 Å². The van der Waals surface area contributed by atoms with Crippen molar-refractivity contribution >= 4 is 22.7 Å². The third-order valence-corrected chi connectivity index (χ3v) is 7.44. The van der Waals surface area contributed by atoms with Gasteiger partial charge in [0.05, 0.1) is 5.69 Å². The van der Waals surface area contributed by atoms with Crippen molar-refractivity contribution in [2.45, 2.75) is 77.9 Å². The summed E-state index contributed by atoms with van der Waals surface area (Å²) in [5, 5.41) is 3.89. The SMILES string of the molecule is CC(C)n1c(=O)c2cnc(Nc3ccc4c(c3)CCN(C3CC3)C4)nc2n1-c1ccnc(C(C)(C)C)c1. The van der Waals surface area contributed by atoms with Gasteiger partial charge in [-0.2, -0.15) is 4.98 Å². The maximum Gasteiger partial charge on any atom is 0.278 e. The summed E-state index contributed by atoms with van der Waals surface area (Å²) >= 11 is 0. The van der Waals surface area contributed by atoms with Crippen LogP contribution >= 0.6 is 0 Å². The van der Waals surface area contributed by atoms with Crippen LogP contribution in [0.1, 0.15) is 70.3 Å². The summed E-state index contributed by atoms with van der Waals surface area (Å²) in [7, 11) is 0. The maximum atomic E-state index is 13.4. The molecule has 3 aromatic heterocycles. The number of benzene rings is 1. The van der Waals surface area contributed by atoms with Crippen LogP contribution in [0.4, 0.5) is 11.6 Å². The first-order chi connectivity index (χ1) is 17.7. The molecule has 4 heterocycles.